The van der Waals surface area contributed by atoms with E-state index < -0.39 is 0 Å². The van der Waals surface area contributed by atoms with Crippen LogP contribution in [0.5, 0.6) is 0 Å². The van der Waals surface area contributed by atoms with Crippen LogP contribution in [0.1, 0.15) is 1.43 Å². The maximum atomic E-state index is 0. The zero-order valence-electron chi connectivity index (χ0n) is 3.25. The summed E-state index contributed by atoms with van der Waals surface area (Å²) < 4.78 is 0. The molecule has 0 bridgehead atoms. The molecular formula is HBFeNiRb. The van der Waals surface area contributed by atoms with Gasteiger partial charge in [0.1, 0.15) is 0 Å². The van der Waals surface area contributed by atoms with Crippen LogP contribution in [-0.4, -0.2) is 8.41 Å². The van der Waals surface area contributed by atoms with E-state index in [4.69, 9.17) is 0 Å². The smallest absolute Gasteiger partial charge is 1.00 e. The molecule has 0 aliphatic heterocycles. The van der Waals surface area contributed by atoms with Crippen molar-refractivity contribution in [2.45, 2.75) is 0 Å². The molecule has 4 heavy (non-hydrogen) atoms. The molecule has 0 nitrogen and oxygen atoms in total. The molecule has 0 amide bonds. The van der Waals surface area contributed by atoms with Gasteiger partial charge in [-0.05, 0) is 0 Å². The summed E-state index contributed by atoms with van der Waals surface area (Å²) in [6, 6.07) is 0. The third-order valence-corrected chi connectivity index (χ3v) is 0. The Morgan fingerprint density at radius 3 is 1.25 bits per heavy atom. The van der Waals surface area contributed by atoms with Crippen LogP contribution in [0.3, 0.4) is 0 Å². The summed E-state index contributed by atoms with van der Waals surface area (Å²) in [5.74, 6) is 0. The predicted octanol–water partition coefficient (Wildman–Crippen LogP) is -3.27. The minimum absolute atomic E-state index is 0. The van der Waals surface area contributed by atoms with Crippen molar-refractivity contribution >= 4 is 8.41 Å². The normalized spacial score (nSPS) is 0. The van der Waals surface area contributed by atoms with E-state index in [9.17, 15) is 0 Å². The standard InChI is InChI=1S/B.Fe.Ni.Rb.H/q;;;+1;-1. The topological polar surface area (TPSA) is 0 Å². The minimum atomic E-state index is 0. The largest absolute Gasteiger partial charge is 1.00 e. The molecule has 3 radical (unpaired) electrons. The quantitative estimate of drug-likeness (QED) is 0.369. The second-order valence-corrected chi connectivity index (χ2v) is 0. The molecule has 0 atom stereocenters. The van der Waals surface area contributed by atoms with Crippen molar-refractivity contribution in [2.75, 3.05) is 0 Å². The summed E-state index contributed by atoms with van der Waals surface area (Å²) in [7, 11) is 0. The van der Waals surface area contributed by atoms with Gasteiger partial charge in [0.25, 0.3) is 0 Å². The van der Waals surface area contributed by atoms with E-state index in [1.165, 1.54) is 0 Å². The van der Waals surface area contributed by atoms with Gasteiger partial charge in [-0.3, -0.25) is 0 Å². The summed E-state index contributed by atoms with van der Waals surface area (Å²) in [6.45, 7) is 0. The van der Waals surface area contributed by atoms with Gasteiger partial charge in [0.15, 0.2) is 0 Å². The fraction of sp³-hybridized carbons (Fsp3) is 0. The zero-order chi connectivity index (χ0) is 0. The first-order valence-electron chi connectivity index (χ1n) is 0. The van der Waals surface area contributed by atoms with Crippen LogP contribution in [-0.2, 0) is 33.6 Å². The van der Waals surface area contributed by atoms with Crippen LogP contribution < -0.4 is 58.2 Å². The molecule has 0 saturated carbocycles. The fourth-order valence-corrected chi connectivity index (χ4v) is 0. The van der Waals surface area contributed by atoms with Crippen molar-refractivity contribution in [3.05, 3.63) is 0 Å². The van der Waals surface area contributed by atoms with Gasteiger partial charge < -0.3 is 1.43 Å². The Kier molecular flexibility index (Phi) is 121. The summed E-state index contributed by atoms with van der Waals surface area (Å²) in [5, 5.41) is 0. The predicted molar refractivity (Wildman–Crippen MR) is 6.87 cm³/mol. The average molecular weight is 212 g/mol. The summed E-state index contributed by atoms with van der Waals surface area (Å²) in [6.07, 6.45) is 0. The van der Waals surface area contributed by atoms with Crippen LogP contribution in [0.15, 0.2) is 0 Å². The average Bonchev–Trinajstić information content (AvgIpc) is 0. The van der Waals surface area contributed by atoms with Crippen molar-refractivity contribution in [1.82, 2.24) is 0 Å². The molecule has 0 heterocycles. The van der Waals surface area contributed by atoms with Crippen molar-refractivity contribution in [3.63, 3.8) is 0 Å². The molecule has 23 valence electrons. The second-order valence-electron chi connectivity index (χ2n) is 0. The first-order chi connectivity index (χ1) is 0. The van der Waals surface area contributed by atoms with Crippen molar-refractivity contribution < 1.29 is 93.2 Å². The molecule has 0 aromatic heterocycles. The third-order valence-electron chi connectivity index (χ3n) is 0. The van der Waals surface area contributed by atoms with E-state index in [1.807, 2.05) is 0 Å². The van der Waals surface area contributed by atoms with Gasteiger partial charge in [-0.2, -0.15) is 0 Å². The molecule has 0 rings (SSSR count). The Hall–Kier alpha value is 2.88. The van der Waals surface area contributed by atoms with Gasteiger partial charge in [0, 0.05) is 42.0 Å². The van der Waals surface area contributed by atoms with E-state index in [0.717, 1.165) is 0 Å². The van der Waals surface area contributed by atoms with Crippen LogP contribution in [0.4, 0.5) is 0 Å². The third kappa shape index (κ3) is 8.86. The second kappa shape index (κ2) is 16.9. The van der Waals surface area contributed by atoms with Gasteiger partial charge in [-0.15, -0.1) is 0 Å². The zero-order valence-corrected chi connectivity index (χ0v) is 9.26. The number of hydrogen-bond acceptors (Lipinski definition) is 0. The molecule has 0 unspecified atom stereocenters. The van der Waals surface area contributed by atoms with E-state index in [-0.39, 0.29) is 102 Å². The molecule has 4 heteroatoms. The monoisotopic (exact) mass is 211 g/mol. The molecule has 0 aliphatic carbocycles. The van der Waals surface area contributed by atoms with Gasteiger partial charge in [0.05, 0.1) is 0 Å². The van der Waals surface area contributed by atoms with Gasteiger partial charge in [-0.1, -0.05) is 0 Å². The summed E-state index contributed by atoms with van der Waals surface area (Å²) >= 11 is 0. The van der Waals surface area contributed by atoms with E-state index in [2.05, 4.69) is 0 Å². The number of rotatable bonds is 0. The maximum Gasteiger partial charge on any atom is 1.00 e. The summed E-state index contributed by atoms with van der Waals surface area (Å²) in [4.78, 5) is 0. The van der Waals surface area contributed by atoms with Crippen LogP contribution in [0.25, 0.3) is 0 Å². The van der Waals surface area contributed by atoms with Crippen LogP contribution in [0.2, 0.25) is 0 Å². The van der Waals surface area contributed by atoms with Gasteiger partial charge in [-0.25, -0.2) is 0 Å². The Bertz CT molecular complexity index is 11.6. The van der Waals surface area contributed by atoms with Crippen molar-refractivity contribution in [3.8, 4) is 0 Å². The molecule has 0 fully saturated rings. The first-order valence-corrected chi connectivity index (χ1v) is 0. The Balaban J connectivity index is 0. The molecular weight excluding hydrogens is 211 g/mol. The van der Waals surface area contributed by atoms with Crippen LogP contribution in [0, 0.1) is 0 Å². The Morgan fingerprint density at radius 2 is 1.25 bits per heavy atom. The fourth-order valence-electron chi connectivity index (χ4n) is 0. The number of hydrogen-bond donors (Lipinski definition) is 0. The Morgan fingerprint density at radius 1 is 1.25 bits per heavy atom. The Labute approximate surface area is 99.1 Å². The van der Waals surface area contributed by atoms with E-state index in [1.54, 1.807) is 0 Å². The van der Waals surface area contributed by atoms with E-state index in [0.29, 0.717) is 0 Å². The molecule has 0 aromatic rings. The molecule has 0 aliphatic rings. The van der Waals surface area contributed by atoms with Crippen molar-refractivity contribution in [1.29, 1.82) is 0 Å². The molecule has 0 N–H and O–H groups in total. The maximum absolute atomic E-state index is 0. The van der Waals surface area contributed by atoms with Gasteiger partial charge in [0.2, 0.25) is 0 Å². The van der Waals surface area contributed by atoms with Crippen molar-refractivity contribution in [2.24, 2.45) is 0 Å². The SMILES string of the molecule is [B].[Fe].[H-].[Ni].[Rb+]. The van der Waals surface area contributed by atoms with E-state index >= 15 is 0 Å². The van der Waals surface area contributed by atoms with Gasteiger partial charge >= 0.3 is 58.2 Å². The molecule has 0 spiro atoms. The summed E-state index contributed by atoms with van der Waals surface area (Å²) in [5.41, 5.74) is 0. The first kappa shape index (κ1) is 28.7. The molecule has 0 saturated heterocycles. The minimum Gasteiger partial charge on any atom is -1.00 e. The molecule has 0 aromatic carbocycles. The van der Waals surface area contributed by atoms with Crippen LogP contribution >= 0.6 is 0 Å².